The van der Waals surface area contributed by atoms with E-state index in [0.717, 1.165) is 16.5 Å². The normalized spacial score (nSPS) is 10.8. The molecule has 4 aromatic rings. The van der Waals surface area contributed by atoms with E-state index >= 15 is 0 Å². The van der Waals surface area contributed by atoms with E-state index in [1.807, 2.05) is 24.5 Å². The lowest BCUT2D eigenvalue weighted by molar-refractivity contribution is 1.33. The van der Waals surface area contributed by atoms with Crippen LogP contribution in [0.3, 0.4) is 0 Å². The largest absolute Gasteiger partial charge is 0.264 e. The van der Waals surface area contributed by atoms with E-state index in [2.05, 4.69) is 65.4 Å². The van der Waals surface area contributed by atoms with E-state index in [0.29, 0.717) is 0 Å². The van der Waals surface area contributed by atoms with Gasteiger partial charge in [0.05, 0.1) is 5.52 Å². The summed E-state index contributed by atoms with van der Waals surface area (Å²) < 4.78 is 0. The van der Waals surface area contributed by atoms with E-state index in [9.17, 15) is 0 Å². The van der Waals surface area contributed by atoms with Crippen molar-refractivity contribution in [1.82, 2.24) is 9.97 Å². The first-order chi connectivity index (χ1) is 11.3. The molecule has 0 amide bonds. The number of benzene rings is 2. The number of pyridine rings is 2. The van der Waals surface area contributed by atoms with Crippen molar-refractivity contribution in [1.29, 1.82) is 0 Å². The molecular formula is C21H16N2. The SMILES string of the molecule is Cc1cc(-c2cccnc2)cc(-c2ccc3ncccc3c2)c1. The highest BCUT2D eigenvalue weighted by Gasteiger charge is 2.05. The van der Waals surface area contributed by atoms with Crippen LogP contribution in [-0.4, -0.2) is 9.97 Å². The molecule has 0 bridgehead atoms. The number of hydrogen-bond donors (Lipinski definition) is 0. The van der Waals surface area contributed by atoms with Crippen LogP contribution < -0.4 is 0 Å². The van der Waals surface area contributed by atoms with Crippen molar-refractivity contribution in [2.45, 2.75) is 6.92 Å². The van der Waals surface area contributed by atoms with E-state index in [1.165, 1.54) is 22.3 Å². The van der Waals surface area contributed by atoms with E-state index < -0.39 is 0 Å². The van der Waals surface area contributed by atoms with Crippen LogP contribution in [0.2, 0.25) is 0 Å². The Morgan fingerprint density at radius 2 is 1.52 bits per heavy atom. The summed E-state index contributed by atoms with van der Waals surface area (Å²) in [6, 6.07) is 21.2. The Bertz CT molecular complexity index is 975. The fourth-order valence-electron chi connectivity index (χ4n) is 2.91. The molecule has 0 saturated heterocycles. The molecule has 0 spiro atoms. The van der Waals surface area contributed by atoms with Gasteiger partial charge in [-0.2, -0.15) is 0 Å². The molecule has 0 saturated carbocycles. The van der Waals surface area contributed by atoms with Crippen LogP contribution in [0.15, 0.2) is 79.3 Å². The average Bonchev–Trinajstić information content (AvgIpc) is 2.61. The van der Waals surface area contributed by atoms with Crippen LogP contribution >= 0.6 is 0 Å². The number of rotatable bonds is 2. The van der Waals surface area contributed by atoms with Gasteiger partial charge in [-0.15, -0.1) is 0 Å². The lowest BCUT2D eigenvalue weighted by Crippen LogP contribution is -1.86. The highest BCUT2D eigenvalue weighted by atomic mass is 14.6. The number of aromatic nitrogens is 2. The van der Waals surface area contributed by atoms with Crippen molar-refractivity contribution < 1.29 is 0 Å². The molecule has 0 N–H and O–H groups in total. The minimum absolute atomic E-state index is 1.02. The number of aryl methyl sites for hydroxylation is 1. The average molecular weight is 296 g/mol. The fraction of sp³-hybridized carbons (Fsp3) is 0.0476. The van der Waals surface area contributed by atoms with E-state index in [-0.39, 0.29) is 0 Å². The molecule has 23 heavy (non-hydrogen) atoms. The number of fused-ring (bicyclic) bond motifs is 1. The minimum Gasteiger partial charge on any atom is -0.264 e. The van der Waals surface area contributed by atoms with Crippen molar-refractivity contribution in [3.63, 3.8) is 0 Å². The van der Waals surface area contributed by atoms with Gasteiger partial charge in [-0.3, -0.25) is 9.97 Å². The molecule has 110 valence electrons. The molecule has 2 nitrogen and oxygen atoms in total. The maximum atomic E-state index is 4.39. The Morgan fingerprint density at radius 1 is 0.696 bits per heavy atom. The van der Waals surface area contributed by atoms with Gasteiger partial charge in [0.25, 0.3) is 0 Å². The molecule has 2 heteroatoms. The Morgan fingerprint density at radius 3 is 2.35 bits per heavy atom. The van der Waals surface area contributed by atoms with Crippen LogP contribution in [0.1, 0.15) is 5.56 Å². The summed E-state index contributed by atoms with van der Waals surface area (Å²) >= 11 is 0. The predicted molar refractivity (Wildman–Crippen MR) is 95.1 cm³/mol. The van der Waals surface area contributed by atoms with Gasteiger partial charge in [0.1, 0.15) is 0 Å². The van der Waals surface area contributed by atoms with Gasteiger partial charge in [-0.25, -0.2) is 0 Å². The number of nitrogens with zero attached hydrogens (tertiary/aromatic N) is 2. The third kappa shape index (κ3) is 2.71. The zero-order valence-corrected chi connectivity index (χ0v) is 12.9. The predicted octanol–water partition coefficient (Wildman–Crippen LogP) is 5.27. The monoisotopic (exact) mass is 296 g/mol. The van der Waals surface area contributed by atoms with Gasteiger partial charge in [-0.05, 0) is 59.5 Å². The molecule has 0 aliphatic carbocycles. The second-order valence-corrected chi connectivity index (χ2v) is 5.74. The smallest absolute Gasteiger partial charge is 0.0702 e. The van der Waals surface area contributed by atoms with Crippen LogP contribution in [-0.2, 0) is 0 Å². The first-order valence-corrected chi connectivity index (χ1v) is 7.67. The van der Waals surface area contributed by atoms with Gasteiger partial charge < -0.3 is 0 Å². The minimum atomic E-state index is 1.02. The quantitative estimate of drug-likeness (QED) is 0.503. The first kappa shape index (κ1) is 13.6. The van der Waals surface area contributed by atoms with Crippen molar-refractivity contribution in [3.8, 4) is 22.3 Å². The molecule has 0 atom stereocenters. The van der Waals surface area contributed by atoms with Gasteiger partial charge >= 0.3 is 0 Å². The van der Waals surface area contributed by atoms with E-state index in [4.69, 9.17) is 0 Å². The van der Waals surface area contributed by atoms with Crippen molar-refractivity contribution >= 4 is 10.9 Å². The standard InChI is InChI=1S/C21H16N2/c1-15-10-19(13-20(11-15)18-5-2-8-22-14-18)16-6-7-21-17(12-16)4-3-9-23-21/h2-14H,1H3. The second-order valence-electron chi connectivity index (χ2n) is 5.74. The summed E-state index contributed by atoms with van der Waals surface area (Å²) in [6.45, 7) is 2.13. The highest BCUT2D eigenvalue weighted by Crippen LogP contribution is 2.29. The lowest BCUT2D eigenvalue weighted by Gasteiger charge is -2.09. The maximum Gasteiger partial charge on any atom is 0.0702 e. The molecule has 2 aromatic heterocycles. The molecule has 0 aliphatic rings. The molecular weight excluding hydrogens is 280 g/mol. The summed E-state index contributed by atoms with van der Waals surface area (Å²) in [5, 5.41) is 1.16. The van der Waals surface area contributed by atoms with Gasteiger partial charge in [-0.1, -0.05) is 30.3 Å². The van der Waals surface area contributed by atoms with Crippen LogP contribution in [0, 0.1) is 6.92 Å². The first-order valence-electron chi connectivity index (χ1n) is 7.67. The Kier molecular flexibility index (Phi) is 3.35. The second kappa shape index (κ2) is 5.65. The third-order valence-electron chi connectivity index (χ3n) is 4.01. The summed E-state index contributed by atoms with van der Waals surface area (Å²) in [5.41, 5.74) is 7.03. The topological polar surface area (TPSA) is 25.8 Å². The third-order valence-corrected chi connectivity index (χ3v) is 4.01. The van der Waals surface area contributed by atoms with Gasteiger partial charge in [0.2, 0.25) is 0 Å². The van der Waals surface area contributed by atoms with Crippen molar-refractivity contribution in [2.24, 2.45) is 0 Å². The van der Waals surface area contributed by atoms with Crippen LogP contribution in [0.25, 0.3) is 33.2 Å². The van der Waals surface area contributed by atoms with Crippen molar-refractivity contribution in [3.05, 3.63) is 84.8 Å². The summed E-state index contributed by atoms with van der Waals surface area (Å²) in [5.74, 6) is 0. The molecule has 0 radical (unpaired) electrons. The Balaban J connectivity index is 1.86. The van der Waals surface area contributed by atoms with Gasteiger partial charge in [0, 0.05) is 29.5 Å². The van der Waals surface area contributed by atoms with Crippen LogP contribution in [0.5, 0.6) is 0 Å². The molecule has 0 unspecified atom stereocenters. The maximum absolute atomic E-state index is 4.39. The lowest BCUT2D eigenvalue weighted by atomic mass is 9.96. The van der Waals surface area contributed by atoms with Crippen molar-refractivity contribution in [2.75, 3.05) is 0 Å². The van der Waals surface area contributed by atoms with Gasteiger partial charge in [0.15, 0.2) is 0 Å². The van der Waals surface area contributed by atoms with E-state index in [1.54, 1.807) is 6.20 Å². The molecule has 2 aromatic carbocycles. The molecule has 4 rings (SSSR count). The Hall–Kier alpha value is -3.00. The van der Waals surface area contributed by atoms with Crippen LogP contribution in [0.4, 0.5) is 0 Å². The fourth-order valence-corrected chi connectivity index (χ4v) is 2.91. The number of hydrogen-bond acceptors (Lipinski definition) is 2. The molecule has 0 aliphatic heterocycles. The molecule has 0 fully saturated rings. The summed E-state index contributed by atoms with van der Waals surface area (Å²) in [7, 11) is 0. The summed E-state index contributed by atoms with van der Waals surface area (Å²) in [4.78, 5) is 8.62. The zero-order valence-electron chi connectivity index (χ0n) is 12.9. The summed E-state index contributed by atoms with van der Waals surface area (Å²) in [6.07, 6.45) is 5.54. The Labute approximate surface area is 135 Å². The molecule has 2 heterocycles. The zero-order chi connectivity index (χ0) is 15.6. The highest BCUT2D eigenvalue weighted by molar-refractivity contribution is 5.85.